The summed E-state index contributed by atoms with van der Waals surface area (Å²) in [6, 6.07) is 0. The van der Waals surface area contributed by atoms with Gasteiger partial charge in [0.2, 0.25) is 0 Å². The van der Waals surface area contributed by atoms with Crippen LogP contribution in [0.2, 0.25) is 0 Å². The summed E-state index contributed by atoms with van der Waals surface area (Å²) in [5.41, 5.74) is 3.10. The number of aromatic nitrogens is 2. The van der Waals surface area contributed by atoms with Crippen molar-refractivity contribution >= 4 is 40.6 Å². The number of nitrogens with zero attached hydrogens (tertiary/aromatic N) is 1. The van der Waals surface area contributed by atoms with E-state index in [4.69, 9.17) is 4.74 Å². The van der Waals surface area contributed by atoms with Gasteiger partial charge in [-0.05, 0) is 33.3 Å². The molecule has 2 aromatic heterocycles. The molecule has 2 heterocycles. The van der Waals surface area contributed by atoms with E-state index in [2.05, 4.69) is 9.97 Å². The molecule has 0 saturated carbocycles. The van der Waals surface area contributed by atoms with Crippen LogP contribution in [0.4, 0.5) is 0 Å². The molecule has 0 saturated heterocycles. The van der Waals surface area contributed by atoms with Crippen molar-refractivity contribution in [2.75, 3.05) is 12.4 Å². The molecule has 1 N–H and O–H groups in total. The summed E-state index contributed by atoms with van der Waals surface area (Å²) in [6.07, 6.45) is 0.135. The third-order valence-corrected chi connectivity index (χ3v) is 5.63. The molecule has 0 aliphatic carbocycles. The van der Waals surface area contributed by atoms with Gasteiger partial charge >= 0.3 is 5.97 Å². The zero-order valence-electron chi connectivity index (χ0n) is 14.6. The van der Waals surface area contributed by atoms with Crippen molar-refractivity contribution in [3.8, 4) is 0 Å². The van der Waals surface area contributed by atoms with Gasteiger partial charge in [-0.1, -0.05) is 11.8 Å². The van der Waals surface area contributed by atoms with Gasteiger partial charge in [-0.2, -0.15) is 0 Å². The SMILES string of the molecule is CCOC(=O)Cc1csc(SCC(=O)c2[nH]c(C)c(C(C)=O)c2C)n1. The number of Topliss-reactive ketones (excluding diaryl/α,β-unsaturated/α-hetero) is 2. The van der Waals surface area contributed by atoms with Crippen LogP contribution in [-0.2, 0) is 16.0 Å². The second-order valence-electron chi connectivity index (χ2n) is 5.48. The number of esters is 1. The fourth-order valence-electron chi connectivity index (χ4n) is 2.55. The first-order valence-electron chi connectivity index (χ1n) is 7.79. The quantitative estimate of drug-likeness (QED) is 0.429. The summed E-state index contributed by atoms with van der Waals surface area (Å²) in [6.45, 7) is 7.16. The average molecular weight is 380 g/mol. The highest BCUT2D eigenvalue weighted by molar-refractivity contribution is 8.01. The Balaban J connectivity index is 1.99. The lowest BCUT2D eigenvalue weighted by atomic mass is 10.1. The highest BCUT2D eigenvalue weighted by Crippen LogP contribution is 2.25. The molecule has 0 radical (unpaired) electrons. The number of rotatable bonds is 8. The van der Waals surface area contributed by atoms with Gasteiger partial charge in [-0.3, -0.25) is 14.4 Å². The van der Waals surface area contributed by atoms with Crippen LogP contribution in [-0.4, -0.2) is 39.9 Å². The van der Waals surface area contributed by atoms with Crippen molar-refractivity contribution in [2.24, 2.45) is 0 Å². The topological polar surface area (TPSA) is 89.1 Å². The Labute approximate surface area is 154 Å². The molecule has 0 fully saturated rings. The van der Waals surface area contributed by atoms with E-state index in [0.29, 0.717) is 34.8 Å². The van der Waals surface area contributed by atoms with Gasteiger partial charge in [0.1, 0.15) is 0 Å². The van der Waals surface area contributed by atoms with Gasteiger partial charge in [0.05, 0.1) is 30.2 Å². The summed E-state index contributed by atoms with van der Waals surface area (Å²) in [4.78, 5) is 42.9. The average Bonchev–Trinajstić information content (AvgIpc) is 3.09. The number of thioether (sulfide) groups is 1. The first-order chi connectivity index (χ1) is 11.8. The Hall–Kier alpha value is -1.93. The maximum Gasteiger partial charge on any atom is 0.311 e. The van der Waals surface area contributed by atoms with Crippen molar-refractivity contribution in [3.05, 3.63) is 33.6 Å². The predicted octanol–water partition coefficient (Wildman–Crippen LogP) is 3.37. The van der Waals surface area contributed by atoms with E-state index >= 15 is 0 Å². The zero-order chi connectivity index (χ0) is 18.6. The van der Waals surface area contributed by atoms with Crippen LogP contribution in [0, 0.1) is 13.8 Å². The normalized spacial score (nSPS) is 10.7. The molecule has 2 aromatic rings. The molecule has 25 heavy (non-hydrogen) atoms. The molecular weight excluding hydrogens is 360 g/mol. The van der Waals surface area contributed by atoms with Gasteiger partial charge in [0.15, 0.2) is 15.9 Å². The molecule has 0 aliphatic rings. The fourth-order valence-corrected chi connectivity index (χ4v) is 4.27. The lowest BCUT2D eigenvalue weighted by Crippen LogP contribution is -2.07. The predicted molar refractivity (Wildman–Crippen MR) is 97.8 cm³/mol. The number of aryl methyl sites for hydroxylation is 1. The summed E-state index contributed by atoms with van der Waals surface area (Å²) in [5, 5.41) is 1.79. The van der Waals surface area contributed by atoms with Crippen LogP contribution in [0.1, 0.15) is 51.6 Å². The van der Waals surface area contributed by atoms with Crippen LogP contribution < -0.4 is 0 Å². The Bertz CT molecular complexity index is 808. The number of carbonyl (C=O) groups is 3. The van der Waals surface area contributed by atoms with Crippen molar-refractivity contribution in [1.29, 1.82) is 0 Å². The molecular formula is C17H20N2O4S2. The number of hydrogen-bond acceptors (Lipinski definition) is 7. The molecule has 6 nitrogen and oxygen atoms in total. The molecule has 2 rings (SSSR count). The van der Waals surface area contributed by atoms with Gasteiger partial charge in [0.25, 0.3) is 0 Å². The standard InChI is InChI=1S/C17H20N2O4S2/c1-5-23-14(22)6-12-7-24-17(19-12)25-8-13(21)16-9(2)15(11(4)20)10(3)18-16/h7,18H,5-6,8H2,1-4H3. The van der Waals surface area contributed by atoms with Crippen LogP contribution in [0.3, 0.4) is 0 Å². The largest absolute Gasteiger partial charge is 0.466 e. The van der Waals surface area contributed by atoms with Crippen molar-refractivity contribution in [1.82, 2.24) is 9.97 Å². The Morgan fingerprint density at radius 1 is 1.32 bits per heavy atom. The molecule has 0 bridgehead atoms. The summed E-state index contributed by atoms with van der Waals surface area (Å²) in [7, 11) is 0. The van der Waals surface area contributed by atoms with Crippen molar-refractivity contribution in [3.63, 3.8) is 0 Å². The van der Waals surface area contributed by atoms with E-state index in [-0.39, 0.29) is 29.7 Å². The van der Waals surface area contributed by atoms with Crippen molar-refractivity contribution < 1.29 is 19.1 Å². The molecule has 0 aromatic carbocycles. The van der Waals surface area contributed by atoms with E-state index in [1.165, 1.54) is 30.0 Å². The second-order valence-corrected chi connectivity index (χ2v) is 7.56. The molecule has 0 unspecified atom stereocenters. The number of H-pyrrole nitrogens is 1. The third kappa shape index (κ3) is 4.79. The summed E-state index contributed by atoms with van der Waals surface area (Å²) >= 11 is 2.71. The Kier molecular flexibility index (Phi) is 6.55. The molecule has 0 amide bonds. The minimum atomic E-state index is -0.310. The van der Waals surface area contributed by atoms with E-state index in [1.54, 1.807) is 26.2 Å². The summed E-state index contributed by atoms with van der Waals surface area (Å²) in [5.74, 6) is -0.235. The Morgan fingerprint density at radius 2 is 2.04 bits per heavy atom. The first kappa shape index (κ1) is 19.4. The van der Waals surface area contributed by atoms with E-state index in [1.807, 2.05) is 0 Å². The molecule has 0 spiro atoms. The van der Waals surface area contributed by atoms with Gasteiger partial charge < -0.3 is 9.72 Å². The number of carbonyl (C=O) groups excluding carboxylic acids is 3. The minimum absolute atomic E-state index is 0.0542. The smallest absolute Gasteiger partial charge is 0.311 e. The monoisotopic (exact) mass is 380 g/mol. The number of aromatic amines is 1. The summed E-state index contributed by atoms with van der Waals surface area (Å²) < 4.78 is 5.61. The van der Waals surface area contributed by atoms with Crippen LogP contribution >= 0.6 is 23.1 Å². The van der Waals surface area contributed by atoms with E-state index < -0.39 is 0 Å². The van der Waals surface area contributed by atoms with E-state index in [9.17, 15) is 14.4 Å². The maximum atomic E-state index is 12.4. The molecule has 134 valence electrons. The van der Waals surface area contributed by atoms with Crippen LogP contribution in [0.25, 0.3) is 0 Å². The third-order valence-electron chi connectivity index (χ3n) is 3.56. The molecule has 0 atom stereocenters. The lowest BCUT2D eigenvalue weighted by Gasteiger charge is -2.00. The highest BCUT2D eigenvalue weighted by atomic mass is 32.2. The second kappa shape index (κ2) is 8.44. The maximum absolute atomic E-state index is 12.4. The lowest BCUT2D eigenvalue weighted by molar-refractivity contribution is -0.142. The first-order valence-corrected chi connectivity index (χ1v) is 9.66. The number of ether oxygens (including phenoxy) is 1. The van der Waals surface area contributed by atoms with Crippen LogP contribution in [0.15, 0.2) is 9.72 Å². The molecule has 0 aliphatic heterocycles. The molecule has 8 heteroatoms. The Morgan fingerprint density at radius 3 is 2.64 bits per heavy atom. The zero-order valence-corrected chi connectivity index (χ0v) is 16.2. The van der Waals surface area contributed by atoms with Crippen molar-refractivity contribution in [2.45, 2.75) is 38.5 Å². The number of hydrogen-bond donors (Lipinski definition) is 1. The van der Waals surface area contributed by atoms with Gasteiger partial charge in [-0.25, -0.2) is 4.98 Å². The van der Waals surface area contributed by atoms with Crippen LogP contribution in [0.5, 0.6) is 0 Å². The highest BCUT2D eigenvalue weighted by Gasteiger charge is 2.20. The number of nitrogens with one attached hydrogen (secondary N) is 1. The minimum Gasteiger partial charge on any atom is -0.466 e. The fraction of sp³-hybridized carbons (Fsp3) is 0.412. The number of ketones is 2. The van der Waals surface area contributed by atoms with Gasteiger partial charge in [0, 0.05) is 16.6 Å². The number of thiazole rings is 1. The van der Waals surface area contributed by atoms with Gasteiger partial charge in [-0.15, -0.1) is 11.3 Å². The van der Waals surface area contributed by atoms with E-state index in [0.717, 1.165) is 4.34 Å².